The van der Waals surface area contributed by atoms with Gasteiger partial charge in [0, 0.05) is 29.4 Å². The van der Waals surface area contributed by atoms with Crippen LogP contribution in [0.4, 0.5) is 19.0 Å². The van der Waals surface area contributed by atoms with Crippen molar-refractivity contribution in [3.05, 3.63) is 60.9 Å². The molecule has 5 rings (SSSR count). The van der Waals surface area contributed by atoms with Gasteiger partial charge in [-0.3, -0.25) is 9.78 Å². The van der Waals surface area contributed by atoms with Gasteiger partial charge in [0.1, 0.15) is 23.2 Å². The maximum absolute atomic E-state index is 12.7. The Morgan fingerprint density at radius 3 is 2.65 bits per heavy atom. The number of amides is 1. The molecule has 1 N–H and O–H groups in total. The molecule has 34 heavy (non-hydrogen) atoms. The Balaban J connectivity index is 1.59. The Labute approximate surface area is 197 Å². The van der Waals surface area contributed by atoms with Crippen LogP contribution in [0.25, 0.3) is 32.0 Å². The summed E-state index contributed by atoms with van der Waals surface area (Å²) < 4.78 is 38.0. The lowest BCUT2D eigenvalue weighted by atomic mass is 10.1. The van der Waals surface area contributed by atoms with Gasteiger partial charge in [0.25, 0.3) is 0 Å². The quantitative estimate of drug-likeness (QED) is 0.429. The molecular formula is C24H20F3N5OS. The lowest BCUT2D eigenvalue weighted by molar-refractivity contribution is -0.139. The number of pyridine rings is 1. The molecule has 0 bridgehead atoms. The first-order valence-electron chi connectivity index (χ1n) is 10.8. The second-order valence-electron chi connectivity index (χ2n) is 7.99. The molecule has 0 spiro atoms. The number of halogens is 3. The maximum atomic E-state index is 12.7. The van der Waals surface area contributed by atoms with Crippen LogP contribution in [0.2, 0.25) is 0 Å². The van der Waals surface area contributed by atoms with E-state index in [-0.39, 0.29) is 0 Å². The molecule has 4 heterocycles. The predicted molar refractivity (Wildman–Crippen MR) is 126 cm³/mol. The van der Waals surface area contributed by atoms with Gasteiger partial charge in [-0.15, -0.1) is 11.3 Å². The van der Waals surface area contributed by atoms with Crippen LogP contribution in [-0.4, -0.2) is 46.2 Å². The van der Waals surface area contributed by atoms with Crippen molar-refractivity contribution in [2.45, 2.75) is 25.1 Å². The van der Waals surface area contributed by atoms with Gasteiger partial charge in [-0.2, -0.15) is 13.2 Å². The summed E-state index contributed by atoms with van der Waals surface area (Å²) in [6.45, 7) is -0.841. The highest BCUT2D eigenvalue weighted by Crippen LogP contribution is 2.39. The molecule has 1 aliphatic rings. The van der Waals surface area contributed by atoms with Crippen molar-refractivity contribution in [1.29, 1.82) is 0 Å². The topological polar surface area (TPSA) is 71.0 Å². The summed E-state index contributed by atoms with van der Waals surface area (Å²) in [4.78, 5) is 29.9. The van der Waals surface area contributed by atoms with E-state index >= 15 is 0 Å². The average Bonchev–Trinajstić information content (AvgIpc) is 3.50. The van der Waals surface area contributed by atoms with E-state index in [1.165, 1.54) is 11.3 Å². The second-order valence-corrected chi connectivity index (χ2v) is 9.02. The molecule has 0 aliphatic carbocycles. The SMILES string of the molecule is O=C(NCC(F)(F)F)C1CCCN1c1nc(-c2cccnc2)nc2sc(-c3ccccc3)cc12. The number of rotatable bonds is 5. The molecule has 174 valence electrons. The molecule has 1 aromatic carbocycles. The molecule has 1 unspecified atom stereocenters. The van der Waals surface area contributed by atoms with Gasteiger partial charge >= 0.3 is 6.18 Å². The van der Waals surface area contributed by atoms with Crippen LogP contribution in [0.3, 0.4) is 0 Å². The summed E-state index contributed by atoms with van der Waals surface area (Å²) in [5.41, 5.74) is 1.75. The van der Waals surface area contributed by atoms with E-state index in [0.717, 1.165) is 26.2 Å². The molecule has 1 aliphatic heterocycles. The second kappa shape index (κ2) is 9.02. The van der Waals surface area contributed by atoms with Gasteiger partial charge in [0.05, 0.1) is 5.39 Å². The van der Waals surface area contributed by atoms with Crippen molar-refractivity contribution < 1.29 is 18.0 Å². The molecule has 1 amide bonds. The van der Waals surface area contributed by atoms with Gasteiger partial charge in [-0.05, 0) is 36.6 Å². The third kappa shape index (κ3) is 4.58. The van der Waals surface area contributed by atoms with E-state index in [0.29, 0.717) is 31.0 Å². The third-order valence-corrected chi connectivity index (χ3v) is 6.72. The molecule has 1 fully saturated rings. The number of carbonyl (C=O) groups is 1. The van der Waals surface area contributed by atoms with Crippen molar-refractivity contribution in [3.8, 4) is 21.8 Å². The fourth-order valence-corrected chi connectivity index (χ4v) is 5.12. The van der Waals surface area contributed by atoms with Crippen LogP contribution in [0.1, 0.15) is 12.8 Å². The van der Waals surface area contributed by atoms with Crippen molar-refractivity contribution in [2.75, 3.05) is 18.0 Å². The normalized spacial score (nSPS) is 16.2. The number of fused-ring (bicyclic) bond motifs is 1. The molecule has 1 saturated heterocycles. The summed E-state index contributed by atoms with van der Waals surface area (Å²) in [5, 5.41) is 2.80. The first kappa shape index (κ1) is 22.3. The van der Waals surface area contributed by atoms with E-state index in [2.05, 4.69) is 4.98 Å². The number of anilines is 1. The lowest BCUT2D eigenvalue weighted by Gasteiger charge is -2.26. The summed E-state index contributed by atoms with van der Waals surface area (Å²) in [6, 6.07) is 14.7. The highest BCUT2D eigenvalue weighted by Gasteiger charge is 2.36. The standard InChI is InChI=1S/C24H20F3N5OS/c25-24(26,27)14-29-22(33)18-9-5-11-32(18)21-17-12-19(15-6-2-1-3-7-15)34-23(17)31-20(30-21)16-8-4-10-28-13-16/h1-4,6-8,10,12-13,18H,5,9,11,14H2,(H,29,33). The highest BCUT2D eigenvalue weighted by molar-refractivity contribution is 7.22. The van der Waals surface area contributed by atoms with E-state index in [1.807, 2.05) is 47.8 Å². The number of nitrogens with zero attached hydrogens (tertiary/aromatic N) is 4. The number of alkyl halides is 3. The smallest absolute Gasteiger partial charge is 0.345 e. The van der Waals surface area contributed by atoms with E-state index in [9.17, 15) is 18.0 Å². The third-order valence-electron chi connectivity index (χ3n) is 5.64. The van der Waals surface area contributed by atoms with Gasteiger partial charge < -0.3 is 10.2 Å². The molecule has 6 nitrogen and oxygen atoms in total. The van der Waals surface area contributed by atoms with Crippen molar-refractivity contribution in [3.63, 3.8) is 0 Å². The van der Waals surface area contributed by atoms with Crippen molar-refractivity contribution >= 4 is 33.3 Å². The minimum Gasteiger partial charge on any atom is -0.345 e. The van der Waals surface area contributed by atoms with Crippen LogP contribution in [0.15, 0.2) is 60.9 Å². The minimum atomic E-state index is -4.47. The molecule has 3 aromatic heterocycles. The molecule has 1 atom stereocenters. The zero-order chi connectivity index (χ0) is 23.7. The fraction of sp³-hybridized carbons (Fsp3) is 0.250. The van der Waals surface area contributed by atoms with Crippen molar-refractivity contribution in [1.82, 2.24) is 20.3 Å². The van der Waals surface area contributed by atoms with E-state index in [1.54, 1.807) is 23.4 Å². The molecule has 10 heteroatoms. The van der Waals surface area contributed by atoms with Crippen molar-refractivity contribution in [2.24, 2.45) is 0 Å². The molecule has 0 saturated carbocycles. The van der Waals surface area contributed by atoms with Gasteiger partial charge in [0.15, 0.2) is 5.82 Å². The summed E-state index contributed by atoms with van der Waals surface area (Å²) >= 11 is 1.51. The summed E-state index contributed by atoms with van der Waals surface area (Å²) in [6.07, 6.45) is -0.0233. The van der Waals surface area contributed by atoms with Crippen LogP contribution in [-0.2, 0) is 4.79 Å². The van der Waals surface area contributed by atoms with Crippen LogP contribution in [0, 0.1) is 0 Å². The minimum absolute atomic E-state index is 0.451. The molecule has 4 aromatic rings. The Hall–Kier alpha value is -3.53. The lowest BCUT2D eigenvalue weighted by Crippen LogP contribution is -2.46. The summed E-state index contributed by atoms with van der Waals surface area (Å²) in [5.74, 6) is 0.355. The van der Waals surface area contributed by atoms with Gasteiger partial charge in [0.2, 0.25) is 5.91 Å². The van der Waals surface area contributed by atoms with E-state index < -0.39 is 24.7 Å². The first-order chi connectivity index (χ1) is 16.4. The van der Waals surface area contributed by atoms with Crippen LogP contribution in [0.5, 0.6) is 0 Å². The average molecular weight is 484 g/mol. The Morgan fingerprint density at radius 2 is 1.91 bits per heavy atom. The molecular weight excluding hydrogens is 463 g/mol. The monoisotopic (exact) mass is 483 g/mol. The van der Waals surface area contributed by atoms with Gasteiger partial charge in [-0.1, -0.05) is 30.3 Å². The zero-order valence-corrected chi connectivity index (χ0v) is 18.7. The largest absolute Gasteiger partial charge is 0.405 e. The van der Waals surface area contributed by atoms with Gasteiger partial charge in [-0.25, -0.2) is 9.97 Å². The van der Waals surface area contributed by atoms with Crippen LogP contribution >= 0.6 is 11.3 Å². The maximum Gasteiger partial charge on any atom is 0.405 e. The Kier molecular flexibility index (Phi) is 5.91. The number of benzene rings is 1. The first-order valence-corrected chi connectivity index (χ1v) is 11.6. The number of hydrogen-bond donors (Lipinski definition) is 1. The molecule has 0 radical (unpaired) electrons. The van der Waals surface area contributed by atoms with Crippen LogP contribution < -0.4 is 10.2 Å². The summed E-state index contributed by atoms with van der Waals surface area (Å²) in [7, 11) is 0. The Morgan fingerprint density at radius 1 is 1.12 bits per heavy atom. The zero-order valence-electron chi connectivity index (χ0n) is 17.9. The van der Waals surface area contributed by atoms with E-state index in [4.69, 9.17) is 9.97 Å². The number of nitrogens with one attached hydrogen (secondary N) is 1. The Bertz CT molecular complexity index is 1310. The number of hydrogen-bond acceptors (Lipinski definition) is 6. The fourth-order valence-electron chi connectivity index (χ4n) is 4.09. The highest BCUT2D eigenvalue weighted by atomic mass is 32.1. The number of thiophene rings is 1. The predicted octanol–water partition coefficient (Wildman–Crippen LogP) is 5.07. The number of aromatic nitrogens is 3. The number of carbonyl (C=O) groups excluding carboxylic acids is 1.